The van der Waals surface area contributed by atoms with Gasteiger partial charge >= 0.3 is 0 Å². The minimum atomic E-state index is -0.217. The van der Waals surface area contributed by atoms with Gasteiger partial charge < -0.3 is 15.1 Å². The van der Waals surface area contributed by atoms with Crippen LogP contribution < -0.4 is 10.2 Å². The highest BCUT2D eigenvalue weighted by atomic mass is 16.2. The van der Waals surface area contributed by atoms with Gasteiger partial charge in [0.15, 0.2) is 0 Å². The van der Waals surface area contributed by atoms with E-state index in [0.717, 1.165) is 16.8 Å². The second kappa shape index (κ2) is 8.16. The Labute approximate surface area is 159 Å². The number of aromatic nitrogens is 2. The number of hydrogen-bond donors (Lipinski definition) is 1. The second-order valence-corrected chi connectivity index (χ2v) is 6.86. The topological polar surface area (TPSA) is 78.4 Å². The molecule has 1 aromatic carbocycles. The second-order valence-electron chi connectivity index (χ2n) is 6.86. The molecule has 0 unspecified atom stereocenters. The molecule has 0 atom stereocenters. The van der Waals surface area contributed by atoms with Crippen LogP contribution in [0.25, 0.3) is 0 Å². The normalized spacial score (nSPS) is 14.2. The van der Waals surface area contributed by atoms with Crippen LogP contribution in [0, 0.1) is 13.8 Å². The molecule has 0 aliphatic carbocycles. The molecule has 2 aromatic rings. The molecule has 0 saturated carbocycles. The molecule has 1 aromatic heterocycles. The minimum absolute atomic E-state index is 0.0797. The van der Waals surface area contributed by atoms with E-state index in [-0.39, 0.29) is 11.8 Å². The van der Waals surface area contributed by atoms with Crippen molar-refractivity contribution in [2.45, 2.75) is 27.3 Å². The summed E-state index contributed by atoms with van der Waals surface area (Å²) >= 11 is 0. The molecule has 1 aliphatic rings. The van der Waals surface area contributed by atoms with E-state index < -0.39 is 0 Å². The number of nitrogens with zero attached hydrogens (tertiary/aromatic N) is 4. The van der Waals surface area contributed by atoms with Crippen LogP contribution >= 0.6 is 0 Å². The van der Waals surface area contributed by atoms with Gasteiger partial charge in [0, 0.05) is 45.3 Å². The van der Waals surface area contributed by atoms with Gasteiger partial charge in [-0.1, -0.05) is 29.8 Å². The van der Waals surface area contributed by atoms with E-state index in [0.29, 0.717) is 44.4 Å². The molecule has 2 amide bonds. The van der Waals surface area contributed by atoms with Crippen LogP contribution in [0.2, 0.25) is 0 Å². The lowest BCUT2D eigenvalue weighted by Gasteiger charge is -2.34. The fourth-order valence-corrected chi connectivity index (χ4v) is 3.13. The summed E-state index contributed by atoms with van der Waals surface area (Å²) in [7, 11) is 0. The summed E-state index contributed by atoms with van der Waals surface area (Å²) in [5.74, 6) is 0.403. The monoisotopic (exact) mass is 367 g/mol. The van der Waals surface area contributed by atoms with E-state index in [4.69, 9.17) is 0 Å². The minimum Gasteiger partial charge on any atom is -0.347 e. The van der Waals surface area contributed by atoms with Crippen molar-refractivity contribution < 1.29 is 9.59 Å². The summed E-state index contributed by atoms with van der Waals surface area (Å²) in [5.41, 5.74) is 3.31. The van der Waals surface area contributed by atoms with Gasteiger partial charge in [0.2, 0.25) is 11.9 Å². The Morgan fingerprint density at radius 1 is 1.07 bits per heavy atom. The molecule has 3 rings (SSSR count). The Kier molecular flexibility index (Phi) is 5.69. The molecule has 1 aliphatic heterocycles. The first-order valence-electron chi connectivity index (χ1n) is 9.12. The number of carbonyl (C=O) groups excluding carboxylic acids is 2. The number of benzene rings is 1. The van der Waals surface area contributed by atoms with Gasteiger partial charge in [-0.25, -0.2) is 9.97 Å². The van der Waals surface area contributed by atoms with Crippen LogP contribution in [0.3, 0.4) is 0 Å². The van der Waals surface area contributed by atoms with E-state index in [9.17, 15) is 9.59 Å². The molecule has 142 valence electrons. The third-order valence-electron chi connectivity index (χ3n) is 4.62. The zero-order valence-electron chi connectivity index (χ0n) is 16.0. The summed E-state index contributed by atoms with van der Waals surface area (Å²) in [6, 6.07) is 9.73. The molecule has 1 fully saturated rings. The predicted molar refractivity (Wildman–Crippen MR) is 104 cm³/mol. The first kappa shape index (κ1) is 18.8. The molecule has 7 heteroatoms. The number of anilines is 1. The maximum Gasteiger partial charge on any atom is 0.270 e. The number of nitrogens with one attached hydrogen (secondary N) is 1. The van der Waals surface area contributed by atoms with Gasteiger partial charge in [0.1, 0.15) is 5.69 Å². The number of hydrogen-bond acceptors (Lipinski definition) is 5. The Bertz CT molecular complexity index is 844. The van der Waals surface area contributed by atoms with Crippen molar-refractivity contribution in [1.82, 2.24) is 20.2 Å². The first-order chi connectivity index (χ1) is 12.9. The largest absolute Gasteiger partial charge is 0.347 e. The lowest BCUT2D eigenvalue weighted by atomic mass is 10.1. The lowest BCUT2D eigenvalue weighted by Crippen LogP contribution is -2.48. The van der Waals surface area contributed by atoms with Crippen molar-refractivity contribution in [1.29, 1.82) is 0 Å². The smallest absolute Gasteiger partial charge is 0.270 e. The summed E-state index contributed by atoms with van der Waals surface area (Å²) in [5, 5.41) is 2.92. The number of piperazine rings is 1. The molecule has 0 bridgehead atoms. The molecule has 2 heterocycles. The highest BCUT2D eigenvalue weighted by molar-refractivity contribution is 5.92. The van der Waals surface area contributed by atoms with Gasteiger partial charge in [-0.05, 0) is 25.5 Å². The van der Waals surface area contributed by atoms with E-state index in [1.165, 1.54) is 0 Å². The summed E-state index contributed by atoms with van der Waals surface area (Å²) in [4.78, 5) is 36.8. The first-order valence-corrected chi connectivity index (χ1v) is 9.12. The average Bonchev–Trinajstić information content (AvgIpc) is 2.65. The maximum absolute atomic E-state index is 12.6. The fourth-order valence-electron chi connectivity index (χ4n) is 3.13. The zero-order chi connectivity index (χ0) is 19.4. The summed E-state index contributed by atoms with van der Waals surface area (Å²) < 4.78 is 0. The van der Waals surface area contributed by atoms with Crippen LogP contribution in [0.15, 0.2) is 30.3 Å². The number of rotatable bonds is 4. The Balaban J connectivity index is 1.67. The Hall–Kier alpha value is -2.96. The molecule has 0 radical (unpaired) electrons. The van der Waals surface area contributed by atoms with Gasteiger partial charge in [0.25, 0.3) is 5.91 Å². The Morgan fingerprint density at radius 2 is 1.81 bits per heavy atom. The van der Waals surface area contributed by atoms with Crippen LogP contribution in [0.5, 0.6) is 0 Å². The van der Waals surface area contributed by atoms with Gasteiger partial charge in [-0.3, -0.25) is 9.59 Å². The van der Waals surface area contributed by atoms with E-state index >= 15 is 0 Å². The van der Waals surface area contributed by atoms with Gasteiger partial charge in [0.05, 0.1) is 0 Å². The van der Waals surface area contributed by atoms with Gasteiger partial charge in [-0.15, -0.1) is 0 Å². The Morgan fingerprint density at radius 3 is 2.48 bits per heavy atom. The third-order valence-corrected chi connectivity index (χ3v) is 4.62. The van der Waals surface area contributed by atoms with E-state index in [1.807, 2.05) is 47.9 Å². The number of amides is 2. The van der Waals surface area contributed by atoms with Gasteiger partial charge in [-0.2, -0.15) is 0 Å². The molecule has 1 saturated heterocycles. The van der Waals surface area contributed by atoms with Crippen molar-refractivity contribution >= 4 is 17.8 Å². The number of carbonyl (C=O) groups is 2. The van der Waals surface area contributed by atoms with Crippen LogP contribution in [-0.4, -0.2) is 52.9 Å². The average molecular weight is 367 g/mol. The summed E-state index contributed by atoms with van der Waals surface area (Å²) in [6.45, 7) is 8.51. The standard InChI is InChI=1S/C20H25N5O2/c1-14-5-4-6-17(11-14)13-21-19(27)18-12-15(2)22-20(23-18)25-9-7-24(8-10-25)16(3)26/h4-6,11-12H,7-10,13H2,1-3H3,(H,21,27). The van der Waals surface area contributed by atoms with Crippen molar-refractivity contribution in [2.75, 3.05) is 31.1 Å². The fraction of sp³-hybridized carbons (Fsp3) is 0.400. The van der Waals surface area contributed by atoms with Crippen molar-refractivity contribution in [3.8, 4) is 0 Å². The summed E-state index contributed by atoms with van der Waals surface area (Å²) in [6.07, 6.45) is 0. The molecular weight excluding hydrogens is 342 g/mol. The number of aryl methyl sites for hydroxylation is 2. The van der Waals surface area contributed by atoms with Crippen LogP contribution in [-0.2, 0) is 11.3 Å². The highest BCUT2D eigenvalue weighted by Crippen LogP contribution is 2.14. The van der Waals surface area contributed by atoms with Crippen molar-refractivity contribution in [2.24, 2.45) is 0 Å². The lowest BCUT2D eigenvalue weighted by molar-refractivity contribution is -0.129. The quantitative estimate of drug-likeness (QED) is 0.890. The van der Waals surface area contributed by atoms with Crippen molar-refractivity contribution in [3.05, 3.63) is 52.8 Å². The zero-order valence-corrected chi connectivity index (χ0v) is 16.0. The third kappa shape index (κ3) is 4.81. The molecule has 27 heavy (non-hydrogen) atoms. The molecule has 0 spiro atoms. The van der Waals surface area contributed by atoms with Crippen molar-refractivity contribution in [3.63, 3.8) is 0 Å². The molecule has 1 N–H and O–H groups in total. The van der Waals surface area contributed by atoms with E-state index in [2.05, 4.69) is 15.3 Å². The SMILES string of the molecule is CC(=O)N1CCN(c2nc(C)cc(C(=O)NCc3cccc(C)c3)n2)CC1. The van der Waals surface area contributed by atoms with E-state index in [1.54, 1.807) is 13.0 Å². The molecular formula is C20H25N5O2. The highest BCUT2D eigenvalue weighted by Gasteiger charge is 2.21. The predicted octanol–water partition coefficient (Wildman–Crippen LogP) is 1.69. The van der Waals surface area contributed by atoms with Crippen LogP contribution in [0.1, 0.15) is 34.2 Å². The molecule has 7 nitrogen and oxygen atoms in total. The van der Waals surface area contributed by atoms with Crippen LogP contribution in [0.4, 0.5) is 5.95 Å². The maximum atomic E-state index is 12.6.